The molecule has 0 unspecified atom stereocenters. The summed E-state index contributed by atoms with van der Waals surface area (Å²) in [6.07, 6.45) is 0. The van der Waals surface area contributed by atoms with E-state index in [0.29, 0.717) is 11.4 Å². The molecule has 3 heterocycles. The summed E-state index contributed by atoms with van der Waals surface area (Å²) >= 11 is 0. The Morgan fingerprint density at radius 2 is 0.800 bits per heavy atom. The third kappa shape index (κ3) is 4.33. The number of benzene rings is 8. The molecule has 0 aliphatic heterocycles. The van der Waals surface area contributed by atoms with E-state index in [4.69, 9.17) is 13.1 Å². The van der Waals surface area contributed by atoms with Crippen molar-refractivity contribution in [2.75, 3.05) is 0 Å². The second-order valence-electron chi connectivity index (χ2n) is 13.9. The molecule has 0 fully saturated rings. The summed E-state index contributed by atoms with van der Waals surface area (Å²) in [6.45, 7) is 16.3. The summed E-state index contributed by atoms with van der Waals surface area (Å²) in [7, 11) is 0. The van der Waals surface area contributed by atoms with Gasteiger partial charge in [-0.15, -0.1) is 0 Å². The zero-order valence-electron chi connectivity index (χ0n) is 29.5. The number of fused-ring (bicyclic) bond motifs is 9. The van der Waals surface area contributed by atoms with Gasteiger partial charge in [0.2, 0.25) is 0 Å². The van der Waals surface area contributed by atoms with E-state index in [1.807, 2.05) is 36.4 Å². The number of aromatic nitrogens is 3. The quantitative estimate of drug-likeness (QED) is 0.163. The lowest BCUT2D eigenvalue weighted by Crippen LogP contribution is -1.99. The molecule has 0 aliphatic rings. The predicted molar refractivity (Wildman–Crippen MR) is 227 cm³/mol. The number of nitrogens with zero attached hydrogens (tertiary/aromatic N) is 5. The maximum Gasteiger partial charge on any atom is 0.197 e. The average molecular weight is 700 g/mol. The summed E-state index contributed by atoms with van der Waals surface area (Å²) < 4.78 is 6.97. The minimum absolute atomic E-state index is 0.580. The van der Waals surface area contributed by atoms with Crippen molar-refractivity contribution >= 4 is 76.8 Å². The van der Waals surface area contributed by atoms with Crippen LogP contribution >= 0.6 is 0 Å². The van der Waals surface area contributed by atoms with Crippen LogP contribution < -0.4 is 0 Å². The molecule has 254 valence electrons. The Bertz CT molecular complexity index is 3420. The maximum atomic E-state index is 8.40. The largest absolute Gasteiger partial charge is 0.311 e. The molecule has 5 nitrogen and oxygen atoms in total. The van der Waals surface area contributed by atoms with Gasteiger partial charge in [-0.2, -0.15) is 0 Å². The standard InChI is InChI=1S/C50H29N5/c1-51-38-21-12-27-44(48(38)32-15-11-16-33(31-32)53-42-25-9-5-19-36(42)49-39(52-2)22-13-28-45(49)53)55-43-26-10-6-20-37(43)50-46(29-14-30-47(50)55)54-40-23-7-3-17-34(40)35-18-4-8-24-41(35)54/h3-31H. The molecule has 11 aromatic rings. The number of para-hydroxylation sites is 4. The van der Waals surface area contributed by atoms with Crippen LogP contribution in [0.3, 0.4) is 0 Å². The first kappa shape index (κ1) is 30.7. The lowest BCUT2D eigenvalue weighted by Gasteiger charge is -2.17. The van der Waals surface area contributed by atoms with Crippen LogP contribution in [0.1, 0.15) is 0 Å². The van der Waals surface area contributed by atoms with Crippen LogP contribution in [0.5, 0.6) is 0 Å². The monoisotopic (exact) mass is 699 g/mol. The number of hydrogen-bond acceptors (Lipinski definition) is 0. The Balaban J connectivity index is 1.20. The molecule has 55 heavy (non-hydrogen) atoms. The van der Waals surface area contributed by atoms with Gasteiger partial charge in [0.15, 0.2) is 11.4 Å². The smallest absolute Gasteiger partial charge is 0.197 e. The van der Waals surface area contributed by atoms with E-state index in [1.54, 1.807) is 0 Å². The summed E-state index contributed by atoms with van der Waals surface area (Å²) in [5.74, 6) is 0. The van der Waals surface area contributed by atoms with Gasteiger partial charge in [-0.05, 0) is 71.6 Å². The first-order valence-electron chi connectivity index (χ1n) is 18.3. The van der Waals surface area contributed by atoms with E-state index in [9.17, 15) is 0 Å². The van der Waals surface area contributed by atoms with E-state index >= 15 is 0 Å². The molecule has 0 aliphatic carbocycles. The molecule has 0 bridgehead atoms. The highest BCUT2D eigenvalue weighted by molar-refractivity contribution is 6.17. The van der Waals surface area contributed by atoms with Gasteiger partial charge in [0.25, 0.3) is 0 Å². The van der Waals surface area contributed by atoms with Gasteiger partial charge in [-0.1, -0.05) is 115 Å². The molecule has 0 radical (unpaired) electrons. The molecule has 0 N–H and O–H groups in total. The van der Waals surface area contributed by atoms with Crippen molar-refractivity contribution in [2.45, 2.75) is 0 Å². The third-order valence-electron chi connectivity index (χ3n) is 11.1. The van der Waals surface area contributed by atoms with Crippen molar-refractivity contribution in [2.24, 2.45) is 0 Å². The Kier molecular flexibility index (Phi) is 6.61. The second kappa shape index (κ2) is 11.8. The normalized spacial score (nSPS) is 11.6. The molecule has 8 aromatic carbocycles. The van der Waals surface area contributed by atoms with Crippen LogP contribution in [-0.4, -0.2) is 13.7 Å². The highest BCUT2D eigenvalue weighted by Gasteiger charge is 2.23. The number of hydrogen-bond donors (Lipinski definition) is 0. The van der Waals surface area contributed by atoms with Crippen LogP contribution in [0.25, 0.3) is 103 Å². The van der Waals surface area contributed by atoms with Crippen molar-refractivity contribution < 1.29 is 0 Å². The van der Waals surface area contributed by atoms with Gasteiger partial charge in [-0.3, -0.25) is 0 Å². The van der Waals surface area contributed by atoms with Crippen molar-refractivity contribution in [3.8, 4) is 28.2 Å². The van der Waals surface area contributed by atoms with E-state index in [2.05, 4.69) is 163 Å². The maximum absolute atomic E-state index is 8.40. The summed E-state index contributed by atoms with van der Waals surface area (Å²) in [4.78, 5) is 8.00. The lowest BCUT2D eigenvalue weighted by molar-refractivity contribution is 1.17. The van der Waals surface area contributed by atoms with Gasteiger partial charge >= 0.3 is 0 Å². The number of rotatable bonds is 4. The van der Waals surface area contributed by atoms with Crippen molar-refractivity contribution in [1.82, 2.24) is 13.7 Å². The summed E-state index contributed by atoms with van der Waals surface area (Å²) in [5.41, 5.74) is 12.5. The van der Waals surface area contributed by atoms with Crippen molar-refractivity contribution in [3.63, 3.8) is 0 Å². The Morgan fingerprint density at radius 1 is 0.345 bits per heavy atom. The molecular formula is C50H29N5. The van der Waals surface area contributed by atoms with E-state index in [0.717, 1.165) is 82.8 Å². The van der Waals surface area contributed by atoms with Gasteiger partial charge in [0.1, 0.15) is 0 Å². The molecule has 11 rings (SSSR count). The fraction of sp³-hybridized carbons (Fsp3) is 0. The SMILES string of the molecule is [C-]#[N+]c1cccc(-n2c3ccccc3c3c(-n4c5ccccc5c5ccccc54)cccc32)c1-c1cccc(-n2c3ccccc3c3c([N+]#[C-])cccc32)c1. The zero-order chi connectivity index (χ0) is 36.6. The van der Waals surface area contributed by atoms with Crippen molar-refractivity contribution in [1.29, 1.82) is 0 Å². The van der Waals surface area contributed by atoms with E-state index in [-0.39, 0.29) is 0 Å². The highest BCUT2D eigenvalue weighted by atomic mass is 15.0. The fourth-order valence-electron chi connectivity index (χ4n) is 8.90. The molecular weight excluding hydrogens is 671 g/mol. The minimum Gasteiger partial charge on any atom is -0.311 e. The first-order chi connectivity index (χ1) is 27.2. The molecule has 0 spiro atoms. The van der Waals surface area contributed by atoms with Gasteiger partial charge in [-0.25, -0.2) is 9.69 Å². The topological polar surface area (TPSA) is 23.5 Å². The second-order valence-corrected chi connectivity index (χ2v) is 13.9. The van der Waals surface area contributed by atoms with E-state index < -0.39 is 0 Å². The minimum atomic E-state index is 0.580. The molecule has 5 heteroatoms. The van der Waals surface area contributed by atoms with Crippen LogP contribution in [0, 0.1) is 13.1 Å². The summed E-state index contributed by atoms with van der Waals surface area (Å²) in [6, 6.07) is 61.2. The van der Waals surface area contributed by atoms with Crippen LogP contribution in [0.15, 0.2) is 176 Å². The highest BCUT2D eigenvalue weighted by Crippen LogP contribution is 2.45. The molecule has 0 amide bonds. The van der Waals surface area contributed by atoms with Crippen LogP contribution in [0.2, 0.25) is 0 Å². The lowest BCUT2D eigenvalue weighted by atomic mass is 10.00. The van der Waals surface area contributed by atoms with E-state index in [1.165, 1.54) is 10.8 Å². The van der Waals surface area contributed by atoms with Gasteiger partial charge < -0.3 is 13.7 Å². The van der Waals surface area contributed by atoms with Crippen LogP contribution in [-0.2, 0) is 0 Å². The molecule has 0 atom stereocenters. The average Bonchev–Trinajstić information content (AvgIpc) is 3.89. The molecule has 0 saturated heterocycles. The molecule has 3 aromatic heterocycles. The Hall–Kier alpha value is -7.86. The predicted octanol–water partition coefficient (Wildman–Crippen LogP) is 13.7. The zero-order valence-corrected chi connectivity index (χ0v) is 29.5. The van der Waals surface area contributed by atoms with Gasteiger partial charge in [0.05, 0.1) is 46.4 Å². The summed E-state index contributed by atoms with van der Waals surface area (Å²) in [5, 5.41) is 6.73. The third-order valence-corrected chi connectivity index (χ3v) is 11.1. The Morgan fingerprint density at radius 3 is 1.47 bits per heavy atom. The van der Waals surface area contributed by atoms with Crippen LogP contribution in [0.4, 0.5) is 11.4 Å². The van der Waals surface area contributed by atoms with Gasteiger partial charge in [0, 0.05) is 49.4 Å². The van der Waals surface area contributed by atoms with Crippen molar-refractivity contribution in [3.05, 3.63) is 199 Å². The fourth-order valence-corrected chi connectivity index (χ4v) is 8.90. The molecule has 0 saturated carbocycles. The Labute approximate surface area is 316 Å². The first-order valence-corrected chi connectivity index (χ1v) is 18.3.